The molecule has 0 atom stereocenters. The largest absolute Gasteiger partial charge is 0.398 e. The molecule has 0 spiro atoms. The third kappa shape index (κ3) is 3.61. The van der Waals surface area contributed by atoms with Crippen LogP contribution in [0.25, 0.3) is 0 Å². The van der Waals surface area contributed by atoms with Crippen molar-refractivity contribution in [3.8, 4) is 0 Å². The van der Waals surface area contributed by atoms with Crippen molar-refractivity contribution in [2.24, 2.45) is 0 Å². The molecular formula is C14H20ClN3O. The number of anilines is 1. The number of nitrogens with zero attached hydrogens (tertiary/aromatic N) is 1. The fourth-order valence-corrected chi connectivity index (χ4v) is 2.58. The summed E-state index contributed by atoms with van der Waals surface area (Å²) in [6, 6.07) is 5.21. The zero-order valence-corrected chi connectivity index (χ0v) is 11.9. The van der Waals surface area contributed by atoms with Crippen LogP contribution in [-0.4, -0.2) is 36.5 Å². The lowest BCUT2D eigenvalue weighted by atomic mass is 10.0. The van der Waals surface area contributed by atoms with Crippen molar-refractivity contribution in [2.45, 2.75) is 25.8 Å². The van der Waals surface area contributed by atoms with Crippen LogP contribution in [0.2, 0.25) is 5.02 Å². The number of halogens is 1. The molecule has 0 unspecified atom stereocenters. The summed E-state index contributed by atoms with van der Waals surface area (Å²) in [6.45, 7) is 5.31. The van der Waals surface area contributed by atoms with Crippen LogP contribution >= 0.6 is 11.6 Å². The van der Waals surface area contributed by atoms with Gasteiger partial charge in [-0.25, -0.2) is 0 Å². The SMILES string of the molecule is CCN1CCC(NC(=O)c2ccc(Cl)cc2N)CC1. The van der Waals surface area contributed by atoms with Gasteiger partial charge in [0.25, 0.3) is 5.91 Å². The molecular weight excluding hydrogens is 262 g/mol. The lowest BCUT2D eigenvalue weighted by molar-refractivity contribution is 0.0913. The van der Waals surface area contributed by atoms with E-state index in [1.807, 2.05) is 0 Å². The number of nitrogen functional groups attached to an aromatic ring is 1. The molecule has 19 heavy (non-hydrogen) atoms. The molecule has 0 aliphatic carbocycles. The van der Waals surface area contributed by atoms with E-state index in [0.29, 0.717) is 16.3 Å². The predicted octanol–water partition coefficient (Wildman–Crippen LogP) is 2.14. The molecule has 1 aliphatic rings. The van der Waals surface area contributed by atoms with E-state index in [9.17, 15) is 4.79 Å². The third-order valence-corrected chi connectivity index (χ3v) is 3.86. The van der Waals surface area contributed by atoms with Crippen molar-refractivity contribution < 1.29 is 4.79 Å². The Balaban J connectivity index is 1.94. The highest BCUT2D eigenvalue weighted by Crippen LogP contribution is 2.19. The van der Waals surface area contributed by atoms with Crippen molar-refractivity contribution in [1.82, 2.24) is 10.2 Å². The molecule has 0 aromatic heterocycles. The summed E-state index contributed by atoms with van der Waals surface area (Å²) >= 11 is 5.83. The van der Waals surface area contributed by atoms with Crippen LogP contribution in [0.15, 0.2) is 18.2 Å². The monoisotopic (exact) mass is 281 g/mol. The van der Waals surface area contributed by atoms with Gasteiger partial charge in [-0.15, -0.1) is 0 Å². The number of benzene rings is 1. The number of amides is 1. The summed E-state index contributed by atoms with van der Waals surface area (Å²) in [6.07, 6.45) is 1.99. The molecule has 1 aromatic rings. The van der Waals surface area contributed by atoms with E-state index >= 15 is 0 Å². The molecule has 1 aliphatic heterocycles. The van der Waals surface area contributed by atoms with Crippen LogP contribution in [-0.2, 0) is 0 Å². The Labute approximate surface area is 118 Å². The van der Waals surface area contributed by atoms with Crippen LogP contribution in [0.5, 0.6) is 0 Å². The Morgan fingerprint density at radius 1 is 1.47 bits per heavy atom. The van der Waals surface area contributed by atoms with Crippen molar-refractivity contribution in [3.63, 3.8) is 0 Å². The van der Waals surface area contributed by atoms with Gasteiger partial charge in [0.05, 0.1) is 5.56 Å². The van der Waals surface area contributed by atoms with Crippen LogP contribution in [0.1, 0.15) is 30.1 Å². The molecule has 4 nitrogen and oxygen atoms in total. The van der Waals surface area contributed by atoms with Crippen LogP contribution in [0.4, 0.5) is 5.69 Å². The van der Waals surface area contributed by atoms with Crippen LogP contribution in [0.3, 0.4) is 0 Å². The van der Waals surface area contributed by atoms with Crippen LogP contribution < -0.4 is 11.1 Å². The van der Waals surface area contributed by atoms with E-state index in [-0.39, 0.29) is 11.9 Å². The molecule has 1 saturated heterocycles. The molecule has 1 fully saturated rings. The maximum absolute atomic E-state index is 12.1. The second kappa shape index (κ2) is 6.26. The minimum atomic E-state index is -0.107. The number of carbonyl (C=O) groups is 1. The first kappa shape index (κ1) is 14.2. The van der Waals surface area contributed by atoms with Crippen molar-refractivity contribution in [3.05, 3.63) is 28.8 Å². The summed E-state index contributed by atoms with van der Waals surface area (Å²) < 4.78 is 0. The maximum Gasteiger partial charge on any atom is 0.253 e. The Bertz CT molecular complexity index is 456. The van der Waals surface area contributed by atoms with Crippen molar-refractivity contribution >= 4 is 23.2 Å². The molecule has 1 amide bonds. The van der Waals surface area contributed by atoms with Gasteiger partial charge in [-0.05, 0) is 37.6 Å². The summed E-state index contributed by atoms with van der Waals surface area (Å²) in [7, 11) is 0. The summed E-state index contributed by atoms with van der Waals surface area (Å²) in [5.41, 5.74) is 6.75. The lowest BCUT2D eigenvalue weighted by Crippen LogP contribution is -2.44. The highest BCUT2D eigenvalue weighted by molar-refractivity contribution is 6.31. The van der Waals surface area contributed by atoms with Gasteiger partial charge >= 0.3 is 0 Å². The number of nitrogens with one attached hydrogen (secondary N) is 1. The van der Waals surface area contributed by atoms with E-state index in [1.165, 1.54) is 0 Å². The average molecular weight is 282 g/mol. The molecule has 2 rings (SSSR count). The molecule has 0 radical (unpaired) electrons. The average Bonchev–Trinajstić information content (AvgIpc) is 2.39. The van der Waals surface area contributed by atoms with E-state index in [1.54, 1.807) is 18.2 Å². The topological polar surface area (TPSA) is 58.4 Å². The fourth-order valence-electron chi connectivity index (χ4n) is 2.40. The zero-order chi connectivity index (χ0) is 13.8. The van der Waals surface area contributed by atoms with E-state index in [4.69, 9.17) is 17.3 Å². The quantitative estimate of drug-likeness (QED) is 0.835. The second-order valence-corrected chi connectivity index (χ2v) is 5.35. The van der Waals surface area contributed by atoms with Gasteiger partial charge in [0, 0.05) is 29.8 Å². The second-order valence-electron chi connectivity index (χ2n) is 4.91. The van der Waals surface area contributed by atoms with E-state index < -0.39 is 0 Å². The van der Waals surface area contributed by atoms with Crippen molar-refractivity contribution in [1.29, 1.82) is 0 Å². The third-order valence-electron chi connectivity index (χ3n) is 3.63. The summed E-state index contributed by atoms with van der Waals surface area (Å²) in [4.78, 5) is 14.5. The summed E-state index contributed by atoms with van der Waals surface area (Å²) in [5, 5.41) is 3.60. The first-order chi connectivity index (χ1) is 9.10. The Morgan fingerprint density at radius 2 is 2.16 bits per heavy atom. The number of likely N-dealkylation sites (tertiary alicyclic amines) is 1. The maximum atomic E-state index is 12.1. The molecule has 3 N–H and O–H groups in total. The van der Waals surface area contributed by atoms with Crippen LogP contribution in [0, 0.1) is 0 Å². The molecule has 104 valence electrons. The molecule has 0 bridgehead atoms. The molecule has 5 heteroatoms. The number of piperidine rings is 1. The Morgan fingerprint density at radius 3 is 2.74 bits per heavy atom. The summed E-state index contributed by atoms with van der Waals surface area (Å²) in [5.74, 6) is -0.107. The van der Waals surface area contributed by atoms with Gasteiger partial charge in [0.2, 0.25) is 0 Å². The predicted molar refractivity (Wildman–Crippen MR) is 78.5 cm³/mol. The van der Waals surface area contributed by atoms with E-state index in [2.05, 4.69) is 17.1 Å². The Hall–Kier alpha value is -1.26. The Kier molecular flexibility index (Phi) is 4.66. The van der Waals surface area contributed by atoms with Gasteiger partial charge in [0.1, 0.15) is 0 Å². The highest BCUT2D eigenvalue weighted by atomic mass is 35.5. The van der Waals surface area contributed by atoms with Gasteiger partial charge in [-0.3, -0.25) is 4.79 Å². The number of hydrogen-bond acceptors (Lipinski definition) is 3. The lowest BCUT2D eigenvalue weighted by Gasteiger charge is -2.31. The van der Waals surface area contributed by atoms with E-state index in [0.717, 1.165) is 32.5 Å². The first-order valence-corrected chi connectivity index (χ1v) is 7.06. The minimum Gasteiger partial charge on any atom is -0.398 e. The number of nitrogens with two attached hydrogens (primary N) is 1. The van der Waals surface area contributed by atoms with Gasteiger partial charge < -0.3 is 16.0 Å². The molecule has 0 saturated carbocycles. The number of rotatable bonds is 3. The smallest absolute Gasteiger partial charge is 0.253 e. The molecule has 1 aromatic carbocycles. The van der Waals surface area contributed by atoms with Gasteiger partial charge in [0.15, 0.2) is 0 Å². The number of hydrogen-bond donors (Lipinski definition) is 2. The normalized spacial score (nSPS) is 17.4. The fraction of sp³-hybridized carbons (Fsp3) is 0.500. The van der Waals surface area contributed by atoms with Gasteiger partial charge in [-0.1, -0.05) is 18.5 Å². The number of carbonyl (C=O) groups excluding carboxylic acids is 1. The zero-order valence-electron chi connectivity index (χ0n) is 11.2. The first-order valence-electron chi connectivity index (χ1n) is 6.68. The molecule has 1 heterocycles. The van der Waals surface area contributed by atoms with Crippen molar-refractivity contribution in [2.75, 3.05) is 25.4 Å². The van der Waals surface area contributed by atoms with Gasteiger partial charge in [-0.2, -0.15) is 0 Å². The highest BCUT2D eigenvalue weighted by Gasteiger charge is 2.20. The standard InChI is InChI=1S/C14H20ClN3O/c1-2-18-7-5-11(6-8-18)17-14(19)12-4-3-10(15)9-13(12)16/h3-4,9,11H,2,5-8,16H2,1H3,(H,17,19). The minimum absolute atomic E-state index is 0.107.